The van der Waals surface area contributed by atoms with Gasteiger partial charge in [-0.2, -0.15) is 5.26 Å². The molecule has 2 rings (SSSR count). The van der Waals surface area contributed by atoms with Gasteiger partial charge in [0.2, 0.25) is 0 Å². The number of nitrogens with zero attached hydrogens (tertiary/aromatic N) is 1. The third-order valence-electron chi connectivity index (χ3n) is 2.75. The van der Waals surface area contributed by atoms with E-state index in [4.69, 9.17) is 15.1 Å². The molecule has 0 heterocycles. The number of rotatable bonds is 4. The van der Waals surface area contributed by atoms with Crippen molar-refractivity contribution in [2.24, 2.45) is 0 Å². The van der Waals surface area contributed by atoms with Gasteiger partial charge in [-0.15, -0.1) is 0 Å². The molecule has 0 aliphatic carbocycles. The van der Waals surface area contributed by atoms with E-state index in [1.807, 2.05) is 0 Å². The largest absolute Gasteiger partial charge is 0.485 e. The summed E-state index contributed by atoms with van der Waals surface area (Å²) in [5.74, 6) is -3.32. The maximum absolute atomic E-state index is 13.7. The predicted molar refractivity (Wildman–Crippen MR) is 68.8 cm³/mol. The van der Waals surface area contributed by atoms with Crippen LogP contribution in [0.25, 0.3) is 0 Å². The van der Waals surface area contributed by atoms with E-state index in [0.29, 0.717) is 0 Å². The Morgan fingerprint density at radius 3 is 2.62 bits per heavy atom. The summed E-state index contributed by atoms with van der Waals surface area (Å²) in [6.45, 7) is -0.348. The molecule has 0 aliphatic heterocycles. The fourth-order valence-electron chi connectivity index (χ4n) is 1.71. The van der Waals surface area contributed by atoms with E-state index in [2.05, 4.69) is 0 Å². The number of aromatic carboxylic acids is 1. The van der Waals surface area contributed by atoms with Gasteiger partial charge in [-0.25, -0.2) is 13.6 Å². The molecule has 1 N–H and O–H groups in total. The van der Waals surface area contributed by atoms with Crippen LogP contribution in [0.1, 0.15) is 21.5 Å². The molecule has 0 radical (unpaired) electrons. The topological polar surface area (TPSA) is 70.3 Å². The summed E-state index contributed by atoms with van der Waals surface area (Å²) in [6.07, 6.45) is 0. The molecule has 0 spiro atoms. The van der Waals surface area contributed by atoms with Gasteiger partial charge in [0, 0.05) is 5.56 Å². The van der Waals surface area contributed by atoms with Gasteiger partial charge >= 0.3 is 5.97 Å². The van der Waals surface area contributed by atoms with E-state index in [9.17, 15) is 13.6 Å². The van der Waals surface area contributed by atoms with Gasteiger partial charge in [0.05, 0.1) is 11.6 Å². The van der Waals surface area contributed by atoms with Crippen molar-refractivity contribution in [2.45, 2.75) is 6.61 Å². The minimum atomic E-state index is -1.34. The first-order valence-corrected chi connectivity index (χ1v) is 5.86. The van der Waals surface area contributed by atoms with Crippen molar-refractivity contribution in [3.8, 4) is 11.8 Å². The molecule has 2 aromatic carbocycles. The maximum atomic E-state index is 13.7. The molecule has 0 aromatic heterocycles. The normalized spacial score (nSPS) is 9.95. The highest BCUT2D eigenvalue weighted by atomic mass is 19.1. The van der Waals surface area contributed by atoms with Crippen LogP contribution in [0.3, 0.4) is 0 Å². The minimum Gasteiger partial charge on any atom is -0.485 e. The van der Waals surface area contributed by atoms with Gasteiger partial charge in [-0.05, 0) is 24.3 Å². The van der Waals surface area contributed by atoms with Gasteiger partial charge < -0.3 is 9.84 Å². The zero-order valence-electron chi connectivity index (χ0n) is 10.6. The van der Waals surface area contributed by atoms with E-state index in [1.54, 1.807) is 6.07 Å². The van der Waals surface area contributed by atoms with Crippen LogP contribution >= 0.6 is 0 Å². The van der Waals surface area contributed by atoms with E-state index < -0.39 is 23.4 Å². The van der Waals surface area contributed by atoms with Crippen LogP contribution in [-0.4, -0.2) is 11.1 Å². The van der Waals surface area contributed by atoms with Crippen LogP contribution < -0.4 is 4.74 Å². The quantitative estimate of drug-likeness (QED) is 0.938. The first-order valence-electron chi connectivity index (χ1n) is 5.86. The molecule has 4 nitrogen and oxygen atoms in total. The Morgan fingerprint density at radius 2 is 2.00 bits per heavy atom. The average molecular weight is 289 g/mol. The van der Waals surface area contributed by atoms with Crippen molar-refractivity contribution in [1.29, 1.82) is 5.26 Å². The second-order valence-electron chi connectivity index (χ2n) is 4.13. The first-order chi connectivity index (χ1) is 10.0. The standard InChI is InChI=1S/C15H9F2NO3/c16-12-3-1-2-11(15(19)20)14(12)21-8-10-5-4-9(7-18)6-13(10)17/h1-6H,8H2,(H,19,20). The summed E-state index contributed by atoms with van der Waals surface area (Å²) >= 11 is 0. The van der Waals surface area contributed by atoms with Crippen LogP contribution in [0.5, 0.6) is 5.75 Å². The van der Waals surface area contributed by atoms with Crippen molar-refractivity contribution >= 4 is 5.97 Å². The second-order valence-corrected chi connectivity index (χ2v) is 4.13. The lowest BCUT2D eigenvalue weighted by atomic mass is 10.1. The Morgan fingerprint density at radius 1 is 1.24 bits per heavy atom. The predicted octanol–water partition coefficient (Wildman–Crippen LogP) is 3.11. The van der Waals surface area contributed by atoms with Gasteiger partial charge in [0.15, 0.2) is 11.6 Å². The highest BCUT2D eigenvalue weighted by Crippen LogP contribution is 2.24. The molecular formula is C15H9F2NO3. The molecule has 21 heavy (non-hydrogen) atoms. The van der Waals surface area contributed by atoms with Crippen molar-refractivity contribution in [3.05, 3.63) is 64.7 Å². The number of benzene rings is 2. The van der Waals surface area contributed by atoms with E-state index in [1.165, 1.54) is 24.3 Å². The molecule has 0 saturated heterocycles. The van der Waals surface area contributed by atoms with Gasteiger partial charge in [-0.3, -0.25) is 0 Å². The number of carbonyl (C=O) groups is 1. The fraction of sp³-hybridized carbons (Fsp3) is 0.0667. The van der Waals surface area contributed by atoms with Crippen LogP contribution in [-0.2, 0) is 6.61 Å². The summed E-state index contributed by atoms with van der Waals surface area (Å²) in [6, 6.07) is 9.01. The molecule has 2 aromatic rings. The lowest BCUT2D eigenvalue weighted by Gasteiger charge is -2.10. The lowest BCUT2D eigenvalue weighted by Crippen LogP contribution is -2.06. The monoisotopic (exact) mass is 289 g/mol. The molecule has 0 saturated carbocycles. The van der Waals surface area contributed by atoms with E-state index in [0.717, 1.165) is 12.1 Å². The highest BCUT2D eigenvalue weighted by Gasteiger charge is 2.16. The Bertz CT molecular complexity index is 738. The number of carboxylic acids is 1. The molecule has 0 atom stereocenters. The number of hydrogen-bond donors (Lipinski definition) is 1. The molecule has 0 aliphatic rings. The van der Waals surface area contributed by atoms with Crippen molar-refractivity contribution in [2.75, 3.05) is 0 Å². The first kappa shape index (κ1) is 14.5. The Hall–Kier alpha value is -2.94. The number of ether oxygens (including phenoxy) is 1. The van der Waals surface area contributed by atoms with Crippen LogP contribution in [0.4, 0.5) is 8.78 Å². The van der Waals surface area contributed by atoms with E-state index >= 15 is 0 Å². The average Bonchev–Trinajstić information content (AvgIpc) is 2.46. The van der Waals surface area contributed by atoms with Crippen LogP contribution in [0, 0.1) is 23.0 Å². The fourth-order valence-corrected chi connectivity index (χ4v) is 1.71. The van der Waals surface area contributed by atoms with Gasteiger partial charge in [-0.1, -0.05) is 12.1 Å². The van der Waals surface area contributed by atoms with Crippen LogP contribution in [0.2, 0.25) is 0 Å². The van der Waals surface area contributed by atoms with Crippen LogP contribution in [0.15, 0.2) is 36.4 Å². The number of carboxylic acid groups (broad SMARTS) is 1. The van der Waals surface area contributed by atoms with Gasteiger partial charge in [0.1, 0.15) is 18.0 Å². The van der Waals surface area contributed by atoms with Crippen molar-refractivity contribution < 1.29 is 23.4 Å². The third kappa shape index (κ3) is 3.15. The summed E-state index contributed by atoms with van der Waals surface area (Å²) in [4.78, 5) is 11.0. The molecule has 0 fully saturated rings. The molecule has 0 unspecified atom stereocenters. The number of hydrogen-bond acceptors (Lipinski definition) is 3. The molecule has 0 amide bonds. The van der Waals surface area contributed by atoms with Gasteiger partial charge in [0.25, 0.3) is 0 Å². The Labute approximate surface area is 118 Å². The SMILES string of the molecule is N#Cc1ccc(COc2c(F)cccc2C(=O)O)c(F)c1. The Kier molecular flexibility index (Phi) is 4.14. The Balaban J connectivity index is 2.25. The smallest absolute Gasteiger partial charge is 0.339 e. The van der Waals surface area contributed by atoms with Crippen molar-refractivity contribution in [1.82, 2.24) is 0 Å². The number of halogens is 2. The maximum Gasteiger partial charge on any atom is 0.339 e. The van der Waals surface area contributed by atoms with E-state index in [-0.39, 0.29) is 23.3 Å². The summed E-state index contributed by atoms with van der Waals surface area (Å²) in [5.41, 5.74) is -0.106. The zero-order valence-corrected chi connectivity index (χ0v) is 10.6. The molecular weight excluding hydrogens is 280 g/mol. The highest BCUT2D eigenvalue weighted by molar-refractivity contribution is 5.90. The summed E-state index contributed by atoms with van der Waals surface area (Å²) < 4.78 is 32.4. The molecule has 0 bridgehead atoms. The second kappa shape index (κ2) is 6.01. The summed E-state index contributed by atoms with van der Waals surface area (Å²) in [5, 5.41) is 17.6. The number of nitriles is 1. The van der Waals surface area contributed by atoms with Crippen molar-refractivity contribution in [3.63, 3.8) is 0 Å². The third-order valence-corrected chi connectivity index (χ3v) is 2.75. The minimum absolute atomic E-state index is 0.0913. The molecule has 6 heteroatoms. The lowest BCUT2D eigenvalue weighted by molar-refractivity contribution is 0.0690. The summed E-state index contributed by atoms with van der Waals surface area (Å²) in [7, 11) is 0. The zero-order chi connectivity index (χ0) is 15.4. The number of para-hydroxylation sites is 1. The molecule has 106 valence electrons.